The first-order valence-electron chi connectivity index (χ1n) is 5.06. The molecule has 0 amide bonds. The average Bonchev–Trinajstić information content (AvgIpc) is 2.52. The molecule has 1 nitrogen and oxygen atoms in total. The van der Waals surface area contributed by atoms with E-state index in [-0.39, 0.29) is 0 Å². The standard InChI is InChI=1S/C10H19ClO/c1-2-3-4-5-10-9(8-11)6-7-12-10/h9-10H,2-8H2,1H3. The maximum Gasteiger partial charge on any atom is 0.0615 e. The van der Waals surface area contributed by atoms with E-state index in [4.69, 9.17) is 16.3 Å². The largest absolute Gasteiger partial charge is 0.378 e. The van der Waals surface area contributed by atoms with Gasteiger partial charge in [0.2, 0.25) is 0 Å². The minimum Gasteiger partial charge on any atom is -0.378 e. The molecule has 0 aromatic carbocycles. The maximum atomic E-state index is 5.84. The third-order valence-corrected chi connectivity index (χ3v) is 3.03. The molecular weight excluding hydrogens is 172 g/mol. The van der Waals surface area contributed by atoms with Gasteiger partial charge in [0.25, 0.3) is 0 Å². The second-order valence-corrected chi connectivity index (χ2v) is 3.92. The molecule has 2 heteroatoms. The Bertz CT molecular complexity index is 116. The molecule has 1 fully saturated rings. The van der Waals surface area contributed by atoms with Crippen molar-refractivity contribution in [3.8, 4) is 0 Å². The van der Waals surface area contributed by atoms with Gasteiger partial charge in [-0.05, 0) is 12.8 Å². The van der Waals surface area contributed by atoms with Crippen molar-refractivity contribution in [2.24, 2.45) is 5.92 Å². The van der Waals surface area contributed by atoms with E-state index in [0.29, 0.717) is 12.0 Å². The second-order valence-electron chi connectivity index (χ2n) is 3.61. The van der Waals surface area contributed by atoms with Crippen LogP contribution in [0.3, 0.4) is 0 Å². The van der Waals surface area contributed by atoms with Crippen LogP contribution < -0.4 is 0 Å². The van der Waals surface area contributed by atoms with Gasteiger partial charge < -0.3 is 4.74 Å². The SMILES string of the molecule is CCCCCC1OCCC1CCl. The van der Waals surface area contributed by atoms with Gasteiger partial charge in [0.1, 0.15) is 0 Å². The summed E-state index contributed by atoms with van der Waals surface area (Å²) >= 11 is 5.84. The number of rotatable bonds is 5. The molecule has 0 aromatic rings. The molecule has 0 spiro atoms. The highest BCUT2D eigenvalue weighted by Gasteiger charge is 2.26. The summed E-state index contributed by atoms with van der Waals surface area (Å²) < 4.78 is 5.62. The molecule has 0 aliphatic carbocycles. The summed E-state index contributed by atoms with van der Waals surface area (Å²) in [5.74, 6) is 1.40. The fourth-order valence-corrected chi connectivity index (χ4v) is 2.14. The van der Waals surface area contributed by atoms with Gasteiger partial charge in [0.05, 0.1) is 6.10 Å². The van der Waals surface area contributed by atoms with E-state index in [0.717, 1.165) is 12.5 Å². The summed E-state index contributed by atoms with van der Waals surface area (Å²) in [7, 11) is 0. The second kappa shape index (κ2) is 5.82. The molecule has 1 rings (SSSR count). The zero-order valence-corrected chi connectivity index (χ0v) is 8.65. The minimum absolute atomic E-state index is 0.467. The number of unbranched alkanes of at least 4 members (excludes halogenated alkanes) is 2. The van der Waals surface area contributed by atoms with Gasteiger partial charge in [0.15, 0.2) is 0 Å². The van der Waals surface area contributed by atoms with Crippen LogP contribution in [0.25, 0.3) is 0 Å². The Morgan fingerprint density at radius 2 is 2.25 bits per heavy atom. The summed E-state index contributed by atoms with van der Waals surface area (Å²) in [6.45, 7) is 3.16. The Hall–Kier alpha value is 0.250. The van der Waals surface area contributed by atoms with E-state index in [9.17, 15) is 0 Å². The van der Waals surface area contributed by atoms with Crippen LogP contribution in [0.2, 0.25) is 0 Å². The Balaban J connectivity index is 2.12. The van der Waals surface area contributed by atoms with Gasteiger partial charge in [-0.3, -0.25) is 0 Å². The van der Waals surface area contributed by atoms with Crippen molar-refractivity contribution < 1.29 is 4.74 Å². The molecule has 2 atom stereocenters. The number of ether oxygens (including phenoxy) is 1. The third-order valence-electron chi connectivity index (χ3n) is 2.64. The van der Waals surface area contributed by atoms with Crippen LogP contribution in [0.5, 0.6) is 0 Å². The Morgan fingerprint density at radius 3 is 2.92 bits per heavy atom. The zero-order valence-electron chi connectivity index (χ0n) is 7.89. The van der Waals surface area contributed by atoms with Crippen LogP contribution in [-0.2, 0) is 4.74 Å². The summed E-state index contributed by atoms with van der Waals surface area (Å²) in [5.41, 5.74) is 0. The Kier molecular flexibility index (Phi) is 5.01. The zero-order chi connectivity index (χ0) is 8.81. The highest BCUT2D eigenvalue weighted by Crippen LogP contribution is 2.26. The quantitative estimate of drug-likeness (QED) is 0.478. The van der Waals surface area contributed by atoms with Crippen molar-refractivity contribution in [2.75, 3.05) is 12.5 Å². The lowest BCUT2D eigenvalue weighted by molar-refractivity contribution is 0.0855. The summed E-state index contributed by atoms with van der Waals surface area (Å²) in [6, 6.07) is 0. The van der Waals surface area contributed by atoms with Crippen LogP contribution in [0.4, 0.5) is 0 Å². The van der Waals surface area contributed by atoms with Crippen LogP contribution in [0.1, 0.15) is 39.0 Å². The molecule has 12 heavy (non-hydrogen) atoms. The smallest absolute Gasteiger partial charge is 0.0615 e. The predicted octanol–water partition coefficient (Wildman–Crippen LogP) is 3.21. The van der Waals surface area contributed by atoms with Crippen molar-refractivity contribution >= 4 is 11.6 Å². The maximum absolute atomic E-state index is 5.84. The fourth-order valence-electron chi connectivity index (χ4n) is 1.78. The van der Waals surface area contributed by atoms with Crippen molar-refractivity contribution in [3.05, 3.63) is 0 Å². The van der Waals surface area contributed by atoms with Gasteiger partial charge in [-0.25, -0.2) is 0 Å². The lowest BCUT2D eigenvalue weighted by Gasteiger charge is -2.15. The van der Waals surface area contributed by atoms with Gasteiger partial charge in [-0.1, -0.05) is 26.2 Å². The Labute approximate surface area is 80.4 Å². The monoisotopic (exact) mass is 190 g/mol. The summed E-state index contributed by atoms with van der Waals surface area (Å²) in [5, 5.41) is 0. The molecule has 1 aliphatic heterocycles. The van der Waals surface area contributed by atoms with E-state index in [1.165, 1.54) is 32.1 Å². The number of hydrogen-bond donors (Lipinski definition) is 0. The molecule has 1 heterocycles. The molecule has 2 unspecified atom stereocenters. The van der Waals surface area contributed by atoms with E-state index in [2.05, 4.69) is 6.92 Å². The minimum atomic E-state index is 0.467. The molecular formula is C10H19ClO. The topological polar surface area (TPSA) is 9.23 Å². The van der Waals surface area contributed by atoms with Gasteiger partial charge in [0, 0.05) is 18.4 Å². The molecule has 72 valence electrons. The van der Waals surface area contributed by atoms with Crippen molar-refractivity contribution in [1.29, 1.82) is 0 Å². The molecule has 0 aromatic heterocycles. The number of hydrogen-bond acceptors (Lipinski definition) is 1. The molecule has 1 aliphatic rings. The first-order valence-corrected chi connectivity index (χ1v) is 5.59. The number of alkyl halides is 1. The van der Waals surface area contributed by atoms with Crippen molar-refractivity contribution in [2.45, 2.75) is 45.1 Å². The summed E-state index contributed by atoms with van der Waals surface area (Å²) in [4.78, 5) is 0. The van der Waals surface area contributed by atoms with E-state index >= 15 is 0 Å². The lowest BCUT2D eigenvalue weighted by atomic mass is 9.99. The average molecular weight is 191 g/mol. The Morgan fingerprint density at radius 1 is 1.42 bits per heavy atom. The van der Waals surface area contributed by atoms with Gasteiger partial charge in [-0.2, -0.15) is 0 Å². The molecule has 0 radical (unpaired) electrons. The van der Waals surface area contributed by atoms with Gasteiger partial charge in [-0.15, -0.1) is 11.6 Å². The predicted molar refractivity (Wildman–Crippen MR) is 52.7 cm³/mol. The molecule has 0 bridgehead atoms. The first-order chi connectivity index (χ1) is 5.88. The van der Waals surface area contributed by atoms with Crippen LogP contribution in [0.15, 0.2) is 0 Å². The highest BCUT2D eigenvalue weighted by molar-refractivity contribution is 6.18. The molecule has 0 N–H and O–H groups in total. The summed E-state index contributed by atoms with van der Waals surface area (Å²) in [6.07, 6.45) is 6.77. The normalized spacial score (nSPS) is 29.5. The number of halogens is 1. The van der Waals surface area contributed by atoms with Crippen LogP contribution in [0, 0.1) is 5.92 Å². The van der Waals surface area contributed by atoms with E-state index in [1.807, 2.05) is 0 Å². The fraction of sp³-hybridized carbons (Fsp3) is 1.00. The van der Waals surface area contributed by atoms with E-state index in [1.54, 1.807) is 0 Å². The van der Waals surface area contributed by atoms with Gasteiger partial charge >= 0.3 is 0 Å². The van der Waals surface area contributed by atoms with Crippen molar-refractivity contribution in [3.63, 3.8) is 0 Å². The van der Waals surface area contributed by atoms with E-state index < -0.39 is 0 Å². The highest BCUT2D eigenvalue weighted by atomic mass is 35.5. The third kappa shape index (κ3) is 2.95. The van der Waals surface area contributed by atoms with Crippen LogP contribution >= 0.6 is 11.6 Å². The molecule has 1 saturated heterocycles. The van der Waals surface area contributed by atoms with Crippen molar-refractivity contribution in [1.82, 2.24) is 0 Å². The lowest BCUT2D eigenvalue weighted by Crippen LogP contribution is -2.16. The van der Waals surface area contributed by atoms with Crippen LogP contribution in [-0.4, -0.2) is 18.6 Å². The first kappa shape index (κ1) is 10.3. The molecule has 0 saturated carbocycles.